The molecule has 0 saturated carbocycles. The van der Waals surface area contributed by atoms with Gasteiger partial charge in [0.05, 0.1) is 12.7 Å². The number of benzene rings is 2. The topological polar surface area (TPSA) is 171 Å². The molecular weight excluding hydrogens is 554 g/mol. The summed E-state index contributed by atoms with van der Waals surface area (Å²) in [5.41, 5.74) is 1.91. The number of hydrogen-bond donors (Lipinski definition) is 3. The number of hydrogen-bond acceptors (Lipinski definition) is 9. The second-order valence-electron chi connectivity index (χ2n) is 8.84. The molecule has 0 radical (unpaired) electrons. The zero-order chi connectivity index (χ0) is 27.6. The lowest BCUT2D eigenvalue weighted by Gasteiger charge is -2.40. The van der Waals surface area contributed by atoms with Crippen LogP contribution in [0.4, 0.5) is 0 Å². The summed E-state index contributed by atoms with van der Waals surface area (Å²) >= 11 is 0. The maximum absolute atomic E-state index is 12.0. The smallest absolute Gasteiger partial charge is 0.398 e. The Labute approximate surface area is 225 Å². The molecule has 3 aromatic rings. The van der Waals surface area contributed by atoms with Crippen LogP contribution in [0.2, 0.25) is 0 Å². The van der Waals surface area contributed by atoms with E-state index >= 15 is 0 Å². The summed E-state index contributed by atoms with van der Waals surface area (Å²) in [6, 6.07) is 15.5. The Hall–Kier alpha value is -3.24. The van der Waals surface area contributed by atoms with Gasteiger partial charge in [0.1, 0.15) is 25.4 Å². The average molecular weight is 580 g/mol. The van der Waals surface area contributed by atoms with Crippen molar-refractivity contribution in [2.45, 2.75) is 30.8 Å². The molecule has 39 heavy (non-hydrogen) atoms. The number of aromatic nitrogens is 1. The van der Waals surface area contributed by atoms with Gasteiger partial charge in [0.15, 0.2) is 11.5 Å². The minimum atomic E-state index is -5.16. The molecule has 4 atom stereocenters. The predicted molar refractivity (Wildman–Crippen MR) is 137 cm³/mol. The van der Waals surface area contributed by atoms with Crippen LogP contribution in [0, 0.1) is 0 Å². The van der Waals surface area contributed by atoms with Crippen LogP contribution in [-0.2, 0) is 40.5 Å². The SMILES string of the molecule is O=S(=O)(O)O[C@H]1[C@H](OCc2ccccc2)[C@@H](c2cc[nH]c2)C=C(c2ccc3c(c2)OCCO3)[C@H]1OS(=O)(=O)O. The minimum Gasteiger partial charge on any atom is -0.486 e. The first-order valence-corrected chi connectivity index (χ1v) is 14.5. The third-order valence-corrected chi connectivity index (χ3v) is 7.18. The van der Waals surface area contributed by atoms with Gasteiger partial charge in [0.2, 0.25) is 0 Å². The van der Waals surface area contributed by atoms with Gasteiger partial charge in [-0.25, -0.2) is 8.37 Å². The molecule has 0 bridgehead atoms. The van der Waals surface area contributed by atoms with Crippen molar-refractivity contribution in [2.75, 3.05) is 13.2 Å². The Bertz CT molecular complexity index is 1540. The summed E-state index contributed by atoms with van der Waals surface area (Å²) in [4.78, 5) is 2.93. The Morgan fingerprint density at radius 3 is 2.26 bits per heavy atom. The maximum Gasteiger partial charge on any atom is 0.398 e. The van der Waals surface area contributed by atoms with Gasteiger partial charge in [0.25, 0.3) is 0 Å². The third-order valence-electron chi connectivity index (χ3n) is 6.27. The van der Waals surface area contributed by atoms with Crippen LogP contribution in [0.1, 0.15) is 22.6 Å². The monoisotopic (exact) mass is 579 g/mol. The molecule has 0 fully saturated rings. The molecule has 0 saturated heterocycles. The molecule has 2 aromatic carbocycles. The van der Waals surface area contributed by atoms with Gasteiger partial charge >= 0.3 is 20.8 Å². The van der Waals surface area contributed by atoms with E-state index in [0.717, 1.165) is 5.56 Å². The number of rotatable bonds is 9. The molecule has 0 unspecified atom stereocenters. The van der Waals surface area contributed by atoms with E-state index in [0.29, 0.717) is 29.2 Å². The first kappa shape index (κ1) is 27.3. The Balaban J connectivity index is 1.65. The van der Waals surface area contributed by atoms with E-state index in [1.807, 2.05) is 6.07 Å². The van der Waals surface area contributed by atoms with Gasteiger partial charge in [0, 0.05) is 18.3 Å². The highest BCUT2D eigenvalue weighted by molar-refractivity contribution is 7.81. The fourth-order valence-electron chi connectivity index (χ4n) is 4.70. The first-order chi connectivity index (χ1) is 18.6. The number of fused-ring (bicyclic) bond motifs is 1. The molecule has 2 aliphatic rings. The lowest BCUT2D eigenvalue weighted by Crippen LogP contribution is -2.50. The van der Waals surface area contributed by atoms with Gasteiger partial charge in [-0.05, 0) is 40.5 Å². The first-order valence-electron chi connectivity index (χ1n) is 11.8. The molecule has 1 aromatic heterocycles. The molecule has 3 N–H and O–H groups in total. The molecule has 208 valence electrons. The standard InChI is InChI=1S/C25H25NO11S2/c27-38(28,29)36-24-19(17-6-7-21-22(12-17)34-11-10-33-21)13-20(18-8-9-26-14-18)23(25(24)37-39(30,31)32)35-15-16-4-2-1-3-5-16/h1-9,12-14,20,23-26H,10-11,15H2,(H,27,28,29)(H,30,31,32)/t20-,23-,24-,25+/m1/s1. The van der Waals surface area contributed by atoms with Gasteiger partial charge in [-0.1, -0.05) is 42.5 Å². The van der Waals surface area contributed by atoms with E-state index < -0.39 is 45.0 Å². The van der Waals surface area contributed by atoms with Crippen LogP contribution < -0.4 is 9.47 Å². The highest BCUT2D eigenvalue weighted by Crippen LogP contribution is 2.43. The Morgan fingerprint density at radius 1 is 0.872 bits per heavy atom. The molecule has 2 heterocycles. The fraction of sp³-hybridized carbons (Fsp3) is 0.280. The van der Waals surface area contributed by atoms with Gasteiger partial charge < -0.3 is 19.2 Å². The largest absolute Gasteiger partial charge is 0.486 e. The van der Waals surface area contributed by atoms with E-state index in [4.69, 9.17) is 22.6 Å². The van der Waals surface area contributed by atoms with Crippen LogP contribution in [0.25, 0.3) is 5.57 Å². The van der Waals surface area contributed by atoms with Crippen LogP contribution in [0.3, 0.4) is 0 Å². The summed E-state index contributed by atoms with van der Waals surface area (Å²) in [6.45, 7) is 0.629. The molecule has 1 aliphatic carbocycles. The molecule has 5 rings (SSSR count). The summed E-state index contributed by atoms with van der Waals surface area (Å²) in [7, 11) is -10.3. The number of H-pyrrole nitrogens is 1. The zero-order valence-corrected chi connectivity index (χ0v) is 21.9. The Kier molecular flexibility index (Phi) is 7.77. The normalized spacial score (nSPS) is 23.3. The minimum absolute atomic E-state index is 0.0104. The van der Waals surface area contributed by atoms with Crippen molar-refractivity contribution in [3.05, 3.63) is 89.8 Å². The van der Waals surface area contributed by atoms with Gasteiger partial charge in [-0.3, -0.25) is 9.11 Å². The molecule has 14 heteroatoms. The van der Waals surface area contributed by atoms with E-state index in [2.05, 4.69) is 4.98 Å². The molecular formula is C25H25NO11S2. The molecule has 0 spiro atoms. The second kappa shape index (κ2) is 11.1. The lowest BCUT2D eigenvalue weighted by atomic mass is 9.78. The van der Waals surface area contributed by atoms with Crippen LogP contribution >= 0.6 is 0 Å². The quantitative estimate of drug-likeness (QED) is 0.318. The van der Waals surface area contributed by atoms with Gasteiger partial charge in [-0.15, -0.1) is 0 Å². The Morgan fingerprint density at radius 2 is 1.59 bits per heavy atom. The summed E-state index contributed by atoms with van der Waals surface area (Å²) in [6.07, 6.45) is 0.260. The number of ether oxygens (including phenoxy) is 3. The van der Waals surface area contributed by atoms with E-state index in [1.54, 1.807) is 67.0 Å². The number of aromatic amines is 1. The van der Waals surface area contributed by atoms with Crippen molar-refractivity contribution in [3.63, 3.8) is 0 Å². The lowest BCUT2D eigenvalue weighted by molar-refractivity contribution is -0.0755. The molecule has 1 aliphatic heterocycles. The second-order valence-corrected chi connectivity index (χ2v) is 10.9. The van der Waals surface area contributed by atoms with Crippen LogP contribution in [0.15, 0.2) is 73.1 Å². The van der Waals surface area contributed by atoms with Crippen LogP contribution in [0.5, 0.6) is 11.5 Å². The van der Waals surface area contributed by atoms with Crippen LogP contribution in [-0.4, -0.2) is 62.5 Å². The highest BCUT2D eigenvalue weighted by Gasteiger charge is 2.47. The number of nitrogens with one attached hydrogen (secondary N) is 1. The predicted octanol–water partition coefficient (Wildman–Crippen LogP) is 2.93. The van der Waals surface area contributed by atoms with Crippen molar-refractivity contribution >= 4 is 26.4 Å². The van der Waals surface area contributed by atoms with Crippen molar-refractivity contribution in [1.82, 2.24) is 4.98 Å². The third kappa shape index (κ3) is 6.67. The van der Waals surface area contributed by atoms with Crippen molar-refractivity contribution in [3.8, 4) is 11.5 Å². The van der Waals surface area contributed by atoms with Crippen molar-refractivity contribution < 1.29 is 48.5 Å². The summed E-state index contributed by atoms with van der Waals surface area (Å²) in [5.74, 6) is 0.125. The summed E-state index contributed by atoms with van der Waals surface area (Å²) in [5, 5.41) is 0. The highest BCUT2D eigenvalue weighted by atomic mass is 32.3. The summed E-state index contributed by atoms with van der Waals surface area (Å²) < 4.78 is 94.6. The van der Waals surface area contributed by atoms with E-state index in [9.17, 15) is 25.9 Å². The van der Waals surface area contributed by atoms with E-state index in [-0.39, 0.29) is 18.8 Å². The van der Waals surface area contributed by atoms with E-state index in [1.165, 1.54) is 0 Å². The van der Waals surface area contributed by atoms with Gasteiger partial charge in [-0.2, -0.15) is 16.8 Å². The average Bonchev–Trinajstić information content (AvgIpc) is 3.42. The maximum atomic E-state index is 12.0. The van der Waals surface area contributed by atoms with Crippen molar-refractivity contribution in [2.24, 2.45) is 0 Å². The van der Waals surface area contributed by atoms with Crippen molar-refractivity contribution in [1.29, 1.82) is 0 Å². The molecule has 12 nitrogen and oxygen atoms in total. The molecule has 0 amide bonds. The zero-order valence-electron chi connectivity index (χ0n) is 20.2. The fourth-order valence-corrected chi connectivity index (χ4v) is 5.67.